The number of carbonyl (C=O) groups excluding carboxylic acids is 2. The van der Waals surface area contributed by atoms with Gasteiger partial charge in [0.05, 0.1) is 10.9 Å². The van der Waals surface area contributed by atoms with Gasteiger partial charge in [0, 0.05) is 22.5 Å². The lowest BCUT2D eigenvalue weighted by molar-refractivity contribution is -0.120. The molecule has 0 saturated heterocycles. The van der Waals surface area contributed by atoms with E-state index in [1.54, 1.807) is 24.4 Å². The molecule has 0 unspecified atom stereocenters. The molecule has 5 nitrogen and oxygen atoms in total. The van der Waals surface area contributed by atoms with Crippen molar-refractivity contribution in [2.45, 2.75) is 23.5 Å². The molecule has 0 bridgehead atoms. The van der Waals surface area contributed by atoms with E-state index in [0.29, 0.717) is 16.5 Å². The second-order valence-electron chi connectivity index (χ2n) is 5.21. The summed E-state index contributed by atoms with van der Waals surface area (Å²) in [7, 11) is 0. The average Bonchev–Trinajstić information content (AvgIpc) is 2.50. The number of aromatic nitrogens is 1. The topological polar surface area (TPSA) is 71.1 Å². The number of carbonyl (C=O) groups is 2. The van der Waals surface area contributed by atoms with Crippen LogP contribution in [0.5, 0.6) is 0 Å². The second-order valence-corrected chi connectivity index (χ2v) is 6.89. The summed E-state index contributed by atoms with van der Waals surface area (Å²) < 4.78 is 0. The molecule has 2 N–H and O–H groups in total. The van der Waals surface area contributed by atoms with E-state index >= 15 is 0 Å². The predicted molar refractivity (Wildman–Crippen MR) is 91.9 cm³/mol. The molecule has 1 aromatic heterocycles. The zero-order valence-corrected chi connectivity index (χ0v) is 13.9. The van der Waals surface area contributed by atoms with E-state index in [-0.39, 0.29) is 18.2 Å². The summed E-state index contributed by atoms with van der Waals surface area (Å²) >= 11 is 7.28. The quantitative estimate of drug-likeness (QED) is 0.891. The summed E-state index contributed by atoms with van der Waals surface area (Å²) in [4.78, 5) is 29.3. The first-order valence-electron chi connectivity index (χ1n) is 7.01. The molecular weight excluding hydrogens is 334 g/mol. The third-order valence-corrected chi connectivity index (χ3v) is 4.82. The SMILES string of the molecule is Cc1ccc(NC(=O)C[C@H]2Sc3ccc(Cl)cc3NC2=O)nc1. The summed E-state index contributed by atoms with van der Waals surface area (Å²) in [5, 5.41) is 5.58. The van der Waals surface area contributed by atoms with Gasteiger partial charge in [-0.2, -0.15) is 0 Å². The molecule has 2 heterocycles. The molecule has 0 aliphatic carbocycles. The van der Waals surface area contributed by atoms with Gasteiger partial charge in [-0.05, 0) is 36.8 Å². The van der Waals surface area contributed by atoms with Gasteiger partial charge in [-0.3, -0.25) is 9.59 Å². The van der Waals surface area contributed by atoms with Crippen molar-refractivity contribution < 1.29 is 9.59 Å². The Morgan fingerprint density at radius 1 is 1.39 bits per heavy atom. The lowest BCUT2D eigenvalue weighted by atomic mass is 10.2. The van der Waals surface area contributed by atoms with E-state index in [9.17, 15) is 9.59 Å². The van der Waals surface area contributed by atoms with E-state index in [4.69, 9.17) is 11.6 Å². The summed E-state index contributed by atoms with van der Waals surface area (Å²) in [6, 6.07) is 8.91. The Hall–Kier alpha value is -2.05. The number of benzene rings is 1. The second kappa shape index (κ2) is 6.60. The fraction of sp³-hybridized carbons (Fsp3) is 0.188. The highest BCUT2D eigenvalue weighted by Gasteiger charge is 2.29. The largest absolute Gasteiger partial charge is 0.324 e. The molecule has 7 heteroatoms. The Kier molecular flexibility index (Phi) is 4.54. The fourth-order valence-corrected chi connectivity index (χ4v) is 3.42. The minimum Gasteiger partial charge on any atom is -0.324 e. The fourth-order valence-electron chi connectivity index (χ4n) is 2.16. The number of aryl methyl sites for hydroxylation is 1. The molecule has 0 fully saturated rings. The van der Waals surface area contributed by atoms with Gasteiger partial charge in [-0.1, -0.05) is 17.7 Å². The standard InChI is InChI=1S/C16H14ClN3O2S/c1-9-2-5-14(18-8-9)20-15(21)7-13-16(22)19-11-6-10(17)3-4-12(11)23-13/h2-6,8,13H,7H2,1H3,(H,19,22)(H,18,20,21)/t13-/m1/s1. The maximum absolute atomic E-state index is 12.1. The first kappa shape index (κ1) is 15.8. The molecule has 2 aromatic rings. The van der Waals surface area contributed by atoms with Gasteiger partial charge < -0.3 is 10.6 Å². The number of hydrogen-bond acceptors (Lipinski definition) is 4. The van der Waals surface area contributed by atoms with Crippen molar-refractivity contribution in [3.05, 3.63) is 47.1 Å². The zero-order chi connectivity index (χ0) is 16.4. The van der Waals surface area contributed by atoms with Crippen LogP contribution in [0.4, 0.5) is 11.5 Å². The molecular formula is C16H14ClN3O2S. The van der Waals surface area contributed by atoms with Gasteiger partial charge in [-0.25, -0.2) is 4.98 Å². The van der Waals surface area contributed by atoms with Crippen molar-refractivity contribution in [1.29, 1.82) is 0 Å². The lowest BCUT2D eigenvalue weighted by Gasteiger charge is -2.23. The molecule has 1 atom stereocenters. The van der Waals surface area contributed by atoms with Crippen LogP contribution in [0.15, 0.2) is 41.4 Å². The molecule has 1 aromatic carbocycles. The highest BCUT2D eigenvalue weighted by Crippen LogP contribution is 2.38. The van der Waals surface area contributed by atoms with Crippen molar-refractivity contribution in [2.24, 2.45) is 0 Å². The van der Waals surface area contributed by atoms with Crippen LogP contribution in [0.25, 0.3) is 0 Å². The van der Waals surface area contributed by atoms with Crippen LogP contribution in [0.2, 0.25) is 5.02 Å². The molecule has 3 rings (SSSR count). The van der Waals surface area contributed by atoms with Gasteiger partial charge in [0.25, 0.3) is 0 Å². The third kappa shape index (κ3) is 3.83. The van der Waals surface area contributed by atoms with E-state index in [2.05, 4.69) is 15.6 Å². The minimum atomic E-state index is -0.478. The van der Waals surface area contributed by atoms with Crippen LogP contribution in [-0.4, -0.2) is 22.0 Å². The molecule has 1 aliphatic heterocycles. The molecule has 0 saturated carbocycles. The van der Waals surface area contributed by atoms with Crippen molar-refractivity contribution in [3.63, 3.8) is 0 Å². The Morgan fingerprint density at radius 3 is 2.96 bits per heavy atom. The Balaban J connectivity index is 1.66. The highest BCUT2D eigenvalue weighted by atomic mass is 35.5. The van der Waals surface area contributed by atoms with Gasteiger partial charge >= 0.3 is 0 Å². The number of thioether (sulfide) groups is 1. The lowest BCUT2D eigenvalue weighted by Crippen LogP contribution is -2.32. The summed E-state index contributed by atoms with van der Waals surface area (Å²) in [5.74, 6) is 0.0391. The normalized spacial score (nSPS) is 16.4. The number of fused-ring (bicyclic) bond motifs is 1. The maximum Gasteiger partial charge on any atom is 0.238 e. The molecule has 2 amide bonds. The van der Waals surface area contributed by atoms with Crippen molar-refractivity contribution in [3.8, 4) is 0 Å². The maximum atomic E-state index is 12.1. The van der Waals surface area contributed by atoms with E-state index in [1.165, 1.54) is 11.8 Å². The van der Waals surface area contributed by atoms with Gasteiger partial charge in [0.1, 0.15) is 5.82 Å². The van der Waals surface area contributed by atoms with Gasteiger partial charge in [-0.15, -0.1) is 11.8 Å². The number of halogens is 1. The highest BCUT2D eigenvalue weighted by molar-refractivity contribution is 8.01. The number of anilines is 2. The Bertz CT molecular complexity index is 764. The van der Waals surface area contributed by atoms with Crippen LogP contribution in [0.1, 0.15) is 12.0 Å². The Labute approximate surface area is 142 Å². The first-order valence-corrected chi connectivity index (χ1v) is 8.26. The van der Waals surface area contributed by atoms with E-state index < -0.39 is 5.25 Å². The number of pyridine rings is 1. The third-order valence-electron chi connectivity index (χ3n) is 3.31. The van der Waals surface area contributed by atoms with Gasteiger partial charge in [0.15, 0.2) is 0 Å². The molecule has 0 radical (unpaired) electrons. The van der Waals surface area contributed by atoms with Gasteiger partial charge in [0.2, 0.25) is 11.8 Å². The predicted octanol–water partition coefficient (Wildman–Crippen LogP) is 3.49. The first-order chi connectivity index (χ1) is 11.0. The molecule has 1 aliphatic rings. The molecule has 0 spiro atoms. The molecule has 23 heavy (non-hydrogen) atoms. The Morgan fingerprint density at radius 2 is 2.22 bits per heavy atom. The van der Waals surface area contributed by atoms with Crippen LogP contribution >= 0.6 is 23.4 Å². The van der Waals surface area contributed by atoms with Crippen molar-refractivity contribution >= 4 is 46.7 Å². The number of nitrogens with zero attached hydrogens (tertiary/aromatic N) is 1. The molecule has 118 valence electrons. The summed E-state index contributed by atoms with van der Waals surface area (Å²) in [6.07, 6.45) is 1.76. The van der Waals surface area contributed by atoms with E-state index in [1.807, 2.05) is 19.1 Å². The van der Waals surface area contributed by atoms with Crippen LogP contribution < -0.4 is 10.6 Å². The monoisotopic (exact) mass is 347 g/mol. The number of rotatable bonds is 3. The minimum absolute atomic E-state index is 0.0775. The van der Waals surface area contributed by atoms with Crippen molar-refractivity contribution in [1.82, 2.24) is 4.98 Å². The summed E-state index contributed by atoms with van der Waals surface area (Å²) in [6.45, 7) is 1.92. The zero-order valence-electron chi connectivity index (χ0n) is 12.3. The number of nitrogens with one attached hydrogen (secondary N) is 2. The van der Waals surface area contributed by atoms with E-state index in [0.717, 1.165) is 10.5 Å². The number of hydrogen-bond donors (Lipinski definition) is 2. The number of amides is 2. The summed E-state index contributed by atoms with van der Waals surface area (Å²) in [5.41, 5.74) is 1.70. The van der Waals surface area contributed by atoms with Crippen LogP contribution in [0.3, 0.4) is 0 Å². The van der Waals surface area contributed by atoms with Crippen LogP contribution in [-0.2, 0) is 9.59 Å². The van der Waals surface area contributed by atoms with Crippen LogP contribution in [0, 0.1) is 6.92 Å². The van der Waals surface area contributed by atoms with Crippen molar-refractivity contribution in [2.75, 3.05) is 10.6 Å². The smallest absolute Gasteiger partial charge is 0.238 e. The average molecular weight is 348 g/mol.